The van der Waals surface area contributed by atoms with Gasteiger partial charge in [0.15, 0.2) is 5.82 Å². The van der Waals surface area contributed by atoms with Crippen molar-refractivity contribution in [3.63, 3.8) is 0 Å². The van der Waals surface area contributed by atoms with Crippen LogP contribution in [0.4, 0.5) is 5.69 Å². The second kappa shape index (κ2) is 5.99. The van der Waals surface area contributed by atoms with Crippen molar-refractivity contribution in [3.8, 4) is 11.4 Å². The third-order valence-electron chi connectivity index (χ3n) is 4.87. The van der Waals surface area contributed by atoms with Crippen LogP contribution in [0.1, 0.15) is 25.7 Å². The summed E-state index contributed by atoms with van der Waals surface area (Å²) >= 11 is 0. The first kappa shape index (κ1) is 14.2. The summed E-state index contributed by atoms with van der Waals surface area (Å²) < 4.78 is 0. The summed E-state index contributed by atoms with van der Waals surface area (Å²) in [5.74, 6) is 0.797. The highest BCUT2D eigenvalue weighted by atomic mass is 15.1. The Morgan fingerprint density at radius 3 is 2.70 bits per heavy atom. The zero-order valence-corrected chi connectivity index (χ0v) is 13.4. The summed E-state index contributed by atoms with van der Waals surface area (Å²) in [5, 5.41) is 1.08. The minimum Gasteiger partial charge on any atom is -0.372 e. The molecular formula is C20H21N3. The first-order valence-electron chi connectivity index (χ1n) is 8.36. The van der Waals surface area contributed by atoms with E-state index in [-0.39, 0.29) is 0 Å². The van der Waals surface area contributed by atoms with Gasteiger partial charge in [0.05, 0.1) is 5.52 Å². The van der Waals surface area contributed by atoms with Crippen molar-refractivity contribution in [2.45, 2.75) is 31.7 Å². The lowest BCUT2D eigenvalue weighted by molar-refractivity contribution is 0.653. The largest absolute Gasteiger partial charge is 0.372 e. The summed E-state index contributed by atoms with van der Waals surface area (Å²) in [6, 6.07) is 17.4. The maximum Gasteiger partial charge on any atom is 0.159 e. The average molecular weight is 303 g/mol. The van der Waals surface area contributed by atoms with Crippen molar-refractivity contribution in [3.05, 3.63) is 54.7 Å². The van der Waals surface area contributed by atoms with Gasteiger partial charge in [0.1, 0.15) is 0 Å². The molecule has 1 aromatic heterocycles. The molecule has 0 radical (unpaired) electrons. The average Bonchev–Trinajstić information content (AvgIpc) is 3.15. The molecule has 0 bridgehead atoms. The molecule has 0 saturated heterocycles. The van der Waals surface area contributed by atoms with Gasteiger partial charge in [0, 0.05) is 35.9 Å². The summed E-state index contributed by atoms with van der Waals surface area (Å²) in [5.41, 5.74) is 3.33. The molecule has 0 unspecified atom stereocenters. The van der Waals surface area contributed by atoms with Gasteiger partial charge in [0.25, 0.3) is 0 Å². The summed E-state index contributed by atoms with van der Waals surface area (Å²) in [7, 11) is 2.20. The third kappa shape index (κ3) is 2.79. The van der Waals surface area contributed by atoms with Crippen LogP contribution in [0.2, 0.25) is 0 Å². The number of benzene rings is 2. The minimum atomic E-state index is 0.669. The van der Waals surface area contributed by atoms with Gasteiger partial charge in [0.2, 0.25) is 0 Å². The Hall–Kier alpha value is -2.42. The van der Waals surface area contributed by atoms with E-state index in [9.17, 15) is 0 Å². The minimum absolute atomic E-state index is 0.669. The van der Waals surface area contributed by atoms with Gasteiger partial charge in [-0.05, 0) is 31.0 Å². The molecule has 3 aromatic rings. The molecule has 0 amide bonds. The molecule has 1 saturated carbocycles. The number of hydrogen-bond acceptors (Lipinski definition) is 3. The lowest BCUT2D eigenvalue weighted by Gasteiger charge is -2.26. The maximum atomic E-state index is 4.71. The quantitative estimate of drug-likeness (QED) is 0.703. The van der Waals surface area contributed by atoms with Gasteiger partial charge in [-0.25, -0.2) is 9.97 Å². The van der Waals surface area contributed by atoms with E-state index in [0.29, 0.717) is 6.04 Å². The molecule has 1 aliphatic carbocycles. The fraction of sp³-hybridized carbons (Fsp3) is 0.300. The van der Waals surface area contributed by atoms with Gasteiger partial charge in [-0.1, -0.05) is 43.2 Å². The fourth-order valence-corrected chi connectivity index (χ4v) is 3.48. The van der Waals surface area contributed by atoms with Crippen molar-refractivity contribution in [1.29, 1.82) is 0 Å². The monoisotopic (exact) mass is 303 g/mol. The zero-order chi connectivity index (χ0) is 15.6. The summed E-state index contributed by atoms with van der Waals surface area (Å²) in [6.07, 6.45) is 7.20. The summed E-state index contributed by atoms with van der Waals surface area (Å²) in [6.45, 7) is 0. The Morgan fingerprint density at radius 2 is 1.83 bits per heavy atom. The highest BCUT2D eigenvalue weighted by molar-refractivity contribution is 5.79. The van der Waals surface area contributed by atoms with Gasteiger partial charge < -0.3 is 4.90 Å². The van der Waals surface area contributed by atoms with Crippen LogP contribution in [0.25, 0.3) is 22.3 Å². The smallest absolute Gasteiger partial charge is 0.159 e. The molecule has 116 valence electrons. The van der Waals surface area contributed by atoms with Crippen molar-refractivity contribution in [1.82, 2.24) is 9.97 Å². The molecule has 1 fully saturated rings. The Bertz CT molecular complexity index is 822. The molecular weight excluding hydrogens is 282 g/mol. The van der Waals surface area contributed by atoms with Crippen LogP contribution in [0, 0.1) is 0 Å². The van der Waals surface area contributed by atoms with Crippen molar-refractivity contribution < 1.29 is 0 Å². The number of rotatable bonds is 3. The molecule has 0 spiro atoms. The van der Waals surface area contributed by atoms with E-state index in [1.165, 1.54) is 31.4 Å². The van der Waals surface area contributed by atoms with Gasteiger partial charge in [-0.15, -0.1) is 0 Å². The highest BCUT2D eigenvalue weighted by Crippen LogP contribution is 2.29. The molecule has 3 heteroatoms. The van der Waals surface area contributed by atoms with Gasteiger partial charge in [-0.3, -0.25) is 0 Å². The Kier molecular flexibility index (Phi) is 3.70. The normalized spacial score (nSPS) is 15.2. The van der Waals surface area contributed by atoms with E-state index in [0.717, 1.165) is 22.3 Å². The van der Waals surface area contributed by atoms with Crippen LogP contribution in [0.3, 0.4) is 0 Å². The first-order chi connectivity index (χ1) is 11.3. The lowest BCUT2D eigenvalue weighted by atomic mass is 10.1. The molecule has 4 rings (SSSR count). The standard InChI is InChI=1S/C20H21N3/c1-23(17-9-3-4-10-17)18-11-6-8-15(13-18)20-21-14-16-7-2-5-12-19(16)22-20/h2,5-8,11-14,17H,3-4,9-10H2,1H3. The Labute approximate surface area is 137 Å². The number of fused-ring (bicyclic) bond motifs is 1. The molecule has 0 aliphatic heterocycles. The molecule has 3 nitrogen and oxygen atoms in total. The van der Waals surface area contributed by atoms with Crippen LogP contribution < -0.4 is 4.90 Å². The van der Waals surface area contributed by atoms with Gasteiger partial charge >= 0.3 is 0 Å². The van der Waals surface area contributed by atoms with Crippen LogP contribution in [0.5, 0.6) is 0 Å². The second-order valence-electron chi connectivity index (χ2n) is 6.35. The van der Waals surface area contributed by atoms with E-state index in [1.54, 1.807) is 0 Å². The molecule has 23 heavy (non-hydrogen) atoms. The van der Waals surface area contributed by atoms with E-state index >= 15 is 0 Å². The van der Waals surface area contributed by atoms with Crippen molar-refractivity contribution in [2.75, 3.05) is 11.9 Å². The second-order valence-corrected chi connectivity index (χ2v) is 6.35. The third-order valence-corrected chi connectivity index (χ3v) is 4.87. The molecule has 0 atom stereocenters. The first-order valence-corrected chi connectivity index (χ1v) is 8.36. The van der Waals surface area contributed by atoms with Crippen LogP contribution in [-0.4, -0.2) is 23.1 Å². The van der Waals surface area contributed by atoms with Crippen LogP contribution >= 0.6 is 0 Å². The molecule has 1 aliphatic rings. The highest BCUT2D eigenvalue weighted by Gasteiger charge is 2.20. The number of nitrogens with zero attached hydrogens (tertiary/aromatic N) is 3. The predicted octanol–water partition coefficient (Wildman–Crippen LogP) is 4.68. The van der Waals surface area contributed by atoms with E-state index < -0.39 is 0 Å². The van der Waals surface area contributed by atoms with Crippen LogP contribution in [-0.2, 0) is 0 Å². The van der Waals surface area contributed by atoms with E-state index in [2.05, 4.69) is 41.2 Å². The van der Waals surface area contributed by atoms with Crippen molar-refractivity contribution >= 4 is 16.6 Å². The molecule has 1 heterocycles. The number of hydrogen-bond donors (Lipinski definition) is 0. The maximum absolute atomic E-state index is 4.71. The number of para-hydroxylation sites is 1. The SMILES string of the molecule is CN(c1cccc(-c2ncc3ccccc3n2)c1)C1CCCC1. The number of anilines is 1. The van der Waals surface area contributed by atoms with Crippen molar-refractivity contribution in [2.24, 2.45) is 0 Å². The lowest BCUT2D eigenvalue weighted by Crippen LogP contribution is -2.28. The fourth-order valence-electron chi connectivity index (χ4n) is 3.48. The summed E-state index contributed by atoms with van der Waals surface area (Å²) in [4.78, 5) is 11.7. The predicted molar refractivity (Wildman–Crippen MR) is 95.6 cm³/mol. The Morgan fingerprint density at radius 1 is 1.00 bits per heavy atom. The van der Waals surface area contributed by atoms with E-state index in [1.807, 2.05) is 30.5 Å². The molecule has 2 aromatic carbocycles. The Balaban J connectivity index is 1.69. The van der Waals surface area contributed by atoms with E-state index in [4.69, 9.17) is 4.98 Å². The zero-order valence-electron chi connectivity index (χ0n) is 13.4. The number of aromatic nitrogens is 2. The molecule has 0 N–H and O–H groups in total. The van der Waals surface area contributed by atoms with Crippen LogP contribution in [0.15, 0.2) is 54.7 Å². The van der Waals surface area contributed by atoms with Gasteiger partial charge in [-0.2, -0.15) is 0 Å². The topological polar surface area (TPSA) is 29.0 Å².